The fraction of sp³-hybridized carbons (Fsp3) is 0.455. The van der Waals surface area contributed by atoms with Crippen LogP contribution in [-0.2, 0) is 11.3 Å². The van der Waals surface area contributed by atoms with E-state index in [1.807, 2.05) is 6.07 Å². The van der Waals surface area contributed by atoms with Crippen molar-refractivity contribution in [3.05, 3.63) is 23.3 Å². The van der Waals surface area contributed by atoms with Gasteiger partial charge >= 0.3 is 0 Å². The zero-order chi connectivity index (χ0) is 10.8. The Morgan fingerprint density at radius 2 is 1.93 bits per heavy atom. The summed E-state index contributed by atoms with van der Waals surface area (Å²) in [5.41, 5.74) is 1.81. The summed E-state index contributed by atoms with van der Waals surface area (Å²) in [4.78, 5) is 0. The average Bonchev–Trinajstić information content (AvgIpc) is 2.28. The Morgan fingerprint density at radius 3 is 2.60 bits per heavy atom. The first-order chi connectivity index (χ1) is 7.26. The molecule has 0 fully saturated rings. The lowest BCUT2D eigenvalue weighted by Gasteiger charge is -2.23. The van der Waals surface area contributed by atoms with Gasteiger partial charge in [-0.1, -0.05) is 0 Å². The number of aliphatic hydroxyl groups is 1. The minimum absolute atomic E-state index is 0.336. The second-order valence-corrected chi connectivity index (χ2v) is 3.44. The monoisotopic (exact) mass is 210 g/mol. The minimum atomic E-state index is -0.575. The molecule has 1 unspecified atom stereocenters. The smallest absolute Gasteiger partial charge is 0.161 e. The first-order valence-electron chi connectivity index (χ1n) is 4.77. The summed E-state index contributed by atoms with van der Waals surface area (Å²) in [7, 11) is 3.17. The lowest BCUT2D eigenvalue weighted by atomic mass is 10.0. The largest absolute Gasteiger partial charge is 0.493 e. The molecule has 4 nitrogen and oxygen atoms in total. The van der Waals surface area contributed by atoms with E-state index in [0.717, 1.165) is 11.1 Å². The van der Waals surface area contributed by atoms with E-state index >= 15 is 0 Å². The molecule has 4 heteroatoms. The van der Waals surface area contributed by atoms with E-state index < -0.39 is 6.10 Å². The zero-order valence-electron chi connectivity index (χ0n) is 8.82. The lowest BCUT2D eigenvalue weighted by molar-refractivity contribution is 0.00951. The van der Waals surface area contributed by atoms with Crippen molar-refractivity contribution in [1.82, 2.24) is 0 Å². The molecule has 0 spiro atoms. The Balaban J connectivity index is 2.48. The molecule has 2 rings (SSSR count). The molecule has 0 aromatic heterocycles. The third-order valence-electron chi connectivity index (χ3n) is 2.54. The molecule has 1 aliphatic rings. The standard InChI is InChI=1S/C11H14O4/c1-13-10-3-7-5-15-6-9(12)8(7)4-11(10)14-2/h3-4,9,12H,5-6H2,1-2H3. The molecule has 82 valence electrons. The Labute approximate surface area is 88.4 Å². The summed E-state index contributed by atoms with van der Waals surface area (Å²) in [5.74, 6) is 1.30. The van der Waals surface area contributed by atoms with E-state index in [1.165, 1.54) is 0 Å². The Kier molecular flexibility index (Phi) is 2.79. The van der Waals surface area contributed by atoms with E-state index in [2.05, 4.69) is 0 Å². The van der Waals surface area contributed by atoms with Crippen molar-refractivity contribution in [3.63, 3.8) is 0 Å². The molecule has 0 saturated heterocycles. The fourth-order valence-corrected chi connectivity index (χ4v) is 1.74. The molecule has 1 aromatic rings. The number of hydrogen-bond donors (Lipinski definition) is 1. The van der Waals surface area contributed by atoms with Gasteiger partial charge in [-0.3, -0.25) is 0 Å². The van der Waals surface area contributed by atoms with Crippen LogP contribution in [-0.4, -0.2) is 25.9 Å². The summed E-state index contributed by atoms with van der Waals surface area (Å²) < 4.78 is 15.6. The van der Waals surface area contributed by atoms with Crippen LogP contribution in [0.5, 0.6) is 11.5 Å². The van der Waals surface area contributed by atoms with Crippen molar-refractivity contribution >= 4 is 0 Å². The van der Waals surface area contributed by atoms with Gasteiger partial charge in [-0.25, -0.2) is 0 Å². The molecule has 0 saturated carbocycles. The van der Waals surface area contributed by atoms with Gasteiger partial charge < -0.3 is 19.3 Å². The molecular weight excluding hydrogens is 196 g/mol. The number of ether oxygens (including phenoxy) is 3. The van der Waals surface area contributed by atoms with Crippen LogP contribution in [0.1, 0.15) is 17.2 Å². The van der Waals surface area contributed by atoms with Gasteiger partial charge in [-0.05, 0) is 23.3 Å². The normalized spacial score (nSPS) is 19.5. The van der Waals surface area contributed by atoms with Gasteiger partial charge in [0.15, 0.2) is 11.5 Å². The SMILES string of the molecule is COc1cc2c(cc1OC)C(O)COC2. The molecule has 0 radical (unpaired) electrons. The third kappa shape index (κ3) is 1.78. The number of rotatable bonds is 2. The Bertz CT molecular complexity index is 362. The van der Waals surface area contributed by atoms with Crippen LogP contribution in [0, 0.1) is 0 Å². The maximum absolute atomic E-state index is 9.72. The van der Waals surface area contributed by atoms with Crippen molar-refractivity contribution in [3.8, 4) is 11.5 Å². The first-order valence-corrected chi connectivity index (χ1v) is 4.77. The lowest BCUT2D eigenvalue weighted by Crippen LogP contribution is -2.16. The van der Waals surface area contributed by atoms with Crippen LogP contribution < -0.4 is 9.47 Å². The molecule has 0 amide bonds. The maximum Gasteiger partial charge on any atom is 0.161 e. The third-order valence-corrected chi connectivity index (χ3v) is 2.54. The van der Waals surface area contributed by atoms with Crippen LogP contribution >= 0.6 is 0 Å². The average molecular weight is 210 g/mol. The van der Waals surface area contributed by atoms with Gasteiger partial charge in [0.1, 0.15) is 6.10 Å². The van der Waals surface area contributed by atoms with Crippen molar-refractivity contribution < 1.29 is 19.3 Å². The zero-order valence-corrected chi connectivity index (χ0v) is 8.82. The highest BCUT2D eigenvalue weighted by atomic mass is 16.5. The van der Waals surface area contributed by atoms with E-state index in [0.29, 0.717) is 24.7 Å². The van der Waals surface area contributed by atoms with Gasteiger partial charge in [-0.2, -0.15) is 0 Å². The summed E-state index contributed by atoms with van der Waals surface area (Å²) in [6.07, 6.45) is -0.575. The first kappa shape index (κ1) is 10.3. The molecule has 1 N–H and O–H groups in total. The predicted molar refractivity (Wildman–Crippen MR) is 54.2 cm³/mol. The quantitative estimate of drug-likeness (QED) is 0.798. The van der Waals surface area contributed by atoms with E-state index in [9.17, 15) is 5.11 Å². The number of benzene rings is 1. The molecule has 0 bridgehead atoms. The highest BCUT2D eigenvalue weighted by Gasteiger charge is 2.21. The number of methoxy groups -OCH3 is 2. The summed E-state index contributed by atoms with van der Waals surface area (Å²) in [6.45, 7) is 0.842. The van der Waals surface area contributed by atoms with Crippen LogP contribution in [0.25, 0.3) is 0 Å². The molecule has 0 aliphatic carbocycles. The van der Waals surface area contributed by atoms with Gasteiger partial charge in [0.05, 0.1) is 27.4 Å². The maximum atomic E-state index is 9.72. The van der Waals surface area contributed by atoms with Crippen LogP contribution in [0.2, 0.25) is 0 Å². The summed E-state index contributed by atoms with van der Waals surface area (Å²) >= 11 is 0. The van der Waals surface area contributed by atoms with E-state index in [4.69, 9.17) is 14.2 Å². The van der Waals surface area contributed by atoms with Crippen molar-refractivity contribution in [2.24, 2.45) is 0 Å². The molecule has 1 heterocycles. The van der Waals surface area contributed by atoms with Crippen molar-refractivity contribution in [1.29, 1.82) is 0 Å². The number of hydrogen-bond acceptors (Lipinski definition) is 4. The van der Waals surface area contributed by atoms with E-state index in [1.54, 1.807) is 20.3 Å². The Morgan fingerprint density at radius 1 is 1.27 bits per heavy atom. The highest BCUT2D eigenvalue weighted by Crippen LogP contribution is 2.35. The van der Waals surface area contributed by atoms with Crippen LogP contribution in [0.4, 0.5) is 0 Å². The summed E-state index contributed by atoms with van der Waals surface area (Å²) in [5, 5.41) is 9.72. The van der Waals surface area contributed by atoms with Gasteiger partial charge in [0.2, 0.25) is 0 Å². The minimum Gasteiger partial charge on any atom is -0.493 e. The predicted octanol–water partition coefficient (Wildman–Crippen LogP) is 1.27. The summed E-state index contributed by atoms with van der Waals surface area (Å²) in [6, 6.07) is 3.65. The Hall–Kier alpha value is -1.26. The van der Waals surface area contributed by atoms with Gasteiger partial charge in [0, 0.05) is 0 Å². The van der Waals surface area contributed by atoms with Crippen molar-refractivity contribution in [2.45, 2.75) is 12.7 Å². The van der Waals surface area contributed by atoms with Crippen LogP contribution in [0.15, 0.2) is 12.1 Å². The number of fused-ring (bicyclic) bond motifs is 1. The van der Waals surface area contributed by atoms with Crippen molar-refractivity contribution in [2.75, 3.05) is 20.8 Å². The van der Waals surface area contributed by atoms with Gasteiger partial charge in [0.25, 0.3) is 0 Å². The fourth-order valence-electron chi connectivity index (χ4n) is 1.74. The van der Waals surface area contributed by atoms with E-state index in [-0.39, 0.29) is 0 Å². The second-order valence-electron chi connectivity index (χ2n) is 3.44. The second kappa shape index (κ2) is 4.08. The molecule has 1 aromatic carbocycles. The topological polar surface area (TPSA) is 47.9 Å². The molecule has 1 aliphatic heterocycles. The van der Waals surface area contributed by atoms with Crippen LogP contribution in [0.3, 0.4) is 0 Å². The molecular formula is C11H14O4. The molecule has 15 heavy (non-hydrogen) atoms. The highest BCUT2D eigenvalue weighted by molar-refractivity contribution is 5.48. The molecule has 1 atom stereocenters. The van der Waals surface area contributed by atoms with Gasteiger partial charge in [-0.15, -0.1) is 0 Å². The number of aliphatic hydroxyl groups excluding tert-OH is 1.